The van der Waals surface area contributed by atoms with Crippen LogP contribution < -0.4 is 5.32 Å². The van der Waals surface area contributed by atoms with Gasteiger partial charge < -0.3 is 10.4 Å². The number of aliphatic hydroxyl groups is 1. The van der Waals surface area contributed by atoms with Crippen LogP contribution in [-0.4, -0.2) is 23.7 Å². The Morgan fingerprint density at radius 3 is 2.69 bits per heavy atom. The van der Waals surface area contributed by atoms with Gasteiger partial charge in [0, 0.05) is 5.92 Å². The number of hydrogen-bond acceptors (Lipinski definition) is 2. The molecule has 0 aromatic heterocycles. The van der Waals surface area contributed by atoms with Crippen LogP contribution in [0, 0.1) is 24.2 Å². The quantitative estimate of drug-likeness (QED) is 0.527. The summed E-state index contributed by atoms with van der Waals surface area (Å²) in [5.74, 6) is 2.29. The molecule has 0 saturated heterocycles. The average Bonchev–Trinajstić information content (AvgIpc) is 2.31. The molecule has 90 valence electrons. The molecular formula is C13H21NO2. The van der Waals surface area contributed by atoms with E-state index in [-0.39, 0.29) is 24.3 Å². The van der Waals surface area contributed by atoms with Crippen LogP contribution in [0.25, 0.3) is 0 Å². The van der Waals surface area contributed by atoms with Gasteiger partial charge in [-0.15, -0.1) is 6.42 Å². The molecule has 0 rings (SSSR count). The maximum absolute atomic E-state index is 11.2. The Morgan fingerprint density at radius 1 is 1.56 bits per heavy atom. The van der Waals surface area contributed by atoms with Gasteiger partial charge in [-0.1, -0.05) is 39.2 Å². The first-order valence-corrected chi connectivity index (χ1v) is 5.60. The van der Waals surface area contributed by atoms with Crippen LogP contribution in [-0.2, 0) is 4.79 Å². The number of carbonyl (C=O) groups excluding carboxylic acids is 1. The molecule has 0 spiro atoms. The van der Waals surface area contributed by atoms with E-state index in [1.54, 1.807) is 6.08 Å². The Kier molecular flexibility index (Phi) is 7.32. The number of nitrogens with one attached hydrogen (secondary N) is 1. The maximum atomic E-state index is 11.2. The molecule has 16 heavy (non-hydrogen) atoms. The predicted octanol–water partition coefficient (Wildman–Crippen LogP) is 1.34. The normalized spacial score (nSPS) is 16.4. The summed E-state index contributed by atoms with van der Waals surface area (Å²) in [5.41, 5.74) is 0. The number of carbonyl (C=O) groups is 1. The molecule has 2 N–H and O–H groups in total. The smallest absolute Gasteiger partial charge is 0.244 e. The Bertz CT molecular complexity index is 278. The molecule has 0 radical (unpaired) electrons. The minimum Gasteiger partial charge on any atom is -0.392 e. The van der Waals surface area contributed by atoms with E-state index >= 15 is 0 Å². The van der Waals surface area contributed by atoms with Crippen molar-refractivity contribution >= 4 is 5.91 Å². The van der Waals surface area contributed by atoms with Crippen molar-refractivity contribution in [3.63, 3.8) is 0 Å². The summed E-state index contributed by atoms with van der Waals surface area (Å²) in [5, 5.41) is 12.4. The van der Waals surface area contributed by atoms with Gasteiger partial charge in [-0.25, -0.2) is 0 Å². The average molecular weight is 223 g/mol. The zero-order chi connectivity index (χ0) is 12.6. The second kappa shape index (κ2) is 7.95. The predicted molar refractivity (Wildman–Crippen MR) is 65.6 cm³/mol. The van der Waals surface area contributed by atoms with Crippen molar-refractivity contribution in [2.45, 2.75) is 33.3 Å². The lowest BCUT2D eigenvalue weighted by molar-refractivity contribution is -0.116. The third kappa shape index (κ3) is 5.57. The third-order valence-corrected chi connectivity index (χ3v) is 2.68. The summed E-state index contributed by atoms with van der Waals surface area (Å²) in [6.45, 7) is 6.14. The monoisotopic (exact) mass is 223 g/mol. The van der Waals surface area contributed by atoms with Crippen molar-refractivity contribution in [2.75, 3.05) is 6.54 Å². The third-order valence-electron chi connectivity index (χ3n) is 2.68. The number of aliphatic hydroxyl groups excluding tert-OH is 1. The molecule has 3 nitrogen and oxygen atoms in total. The van der Waals surface area contributed by atoms with Crippen LogP contribution in [0.4, 0.5) is 0 Å². The van der Waals surface area contributed by atoms with Gasteiger partial charge in [0.1, 0.15) is 0 Å². The SMILES string of the molecule is C#CCNC(=O)/C=C/[C@@H](C)[C@H](O)[C@@H](C)CC. The van der Waals surface area contributed by atoms with Crippen molar-refractivity contribution in [3.05, 3.63) is 12.2 Å². The van der Waals surface area contributed by atoms with Gasteiger partial charge in [-0.3, -0.25) is 4.79 Å². The molecule has 0 saturated carbocycles. The molecule has 0 aromatic rings. The van der Waals surface area contributed by atoms with E-state index < -0.39 is 6.10 Å². The molecule has 1 amide bonds. The molecule has 0 aromatic carbocycles. The summed E-state index contributed by atoms with van der Waals surface area (Å²) in [4.78, 5) is 11.2. The van der Waals surface area contributed by atoms with Gasteiger partial charge in [0.15, 0.2) is 0 Å². The van der Waals surface area contributed by atoms with Crippen molar-refractivity contribution < 1.29 is 9.90 Å². The van der Waals surface area contributed by atoms with E-state index in [0.29, 0.717) is 0 Å². The highest BCUT2D eigenvalue weighted by atomic mass is 16.3. The van der Waals surface area contributed by atoms with Crippen molar-refractivity contribution in [1.82, 2.24) is 5.32 Å². The molecule has 3 heteroatoms. The Hall–Kier alpha value is -1.27. The van der Waals surface area contributed by atoms with Crippen molar-refractivity contribution in [1.29, 1.82) is 0 Å². The Balaban J connectivity index is 4.12. The number of amides is 1. The van der Waals surface area contributed by atoms with Crippen LogP contribution in [0.5, 0.6) is 0 Å². The summed E-state index contributed by atoms with van der Waals surface area (Å²) >= 11 is 0. The van der Waals surface area contributed by atoms with Gasteiger partial charge in [-0.2, -0.15) is 0 Å². The van der Waals surface area contributed by atoms with Gasteiger partial charge in [-0.05, 0) is 12.0 Å². The molecule has 0 aliphatic rings. The Labute approximate surface area is 97.9 Å². The summed E-state index contributed by atoms with van der Waals surface area (Å²) in [6.07, 6.45) is 8.65. The molecule has 0 aliphatic carbocycles. The largest absolute Gasteiger partial charge is 0.392 e. The van der Waals surface area contributed by atoms with Crippen molar-refractivity contribution in [2.24, 2.45) is 11.8 Å². The highest BCUT2D eigenvalue weighted by Crippen LogP contribution is 2.16. The first-order chi connectivity index (χ1) is 7.52. The number of rotatable bonds is 6. The van der Waals surface area contributed by atoms with Crippen LogP contribution in [0.2, 0.25) is 0 Å². The number of hydrogen-bond donors (Lipinski definition) is 2. The standard InChI is InChI=1S/C13H21NO2/c1-5-9-14-12(15)8-7-11(4)13(16)10(3)6-2/h1,7-8,10-11,13,16H,6,9H2,2-4H3,(H,14,15)/b8-7+/t10-,11+,13+/m0/s1. The molecule has 0 unspecified atom stereocenters. The minimum atomic E-state index is -0.415. The first-order valence-electron chi connectivity index (χ1n) is 5.60. The summed E-state index contributed by atoms with van der Waals surface area (Å²) < 4.78 is 0. The zero-order valence-electron chi connectivity index (χ0n) is 10.2. The molecule has 0 aliphatic heterocycles. The van der Waals surface area contributed by atoms with Crippen LogP contribution >= 0.6 is 0 Å². The molecule has 3 atom stereocenters. The van der Waals surface area contributed by atoms with E-state index in [2.05, 4.69) is 11.2 Å². The fourth-order valence-corrected chi connectivity index (χ4v) is 1.31. The Morgan fingerprint density at radius 2 is 2.19 bits per heavy atom. The second-order valence-corrected chi connectivity index (χ2v) is 4.02. The lowest BCUT2D eigenvalue weighted by atomic mass is 9.91. The highest BCUT2D eigenvalue weighted by molar-refractivity contribution is 5.87. The van der Waals surface area contributed by atoms with E-state index in [1.165, 1.54) is 6.08 Å². The van der Waals surface area contributed by atoms with Crippen molar-refractivity contribution in [3.8, 4) is 12.3 Å². The van der Waals surface area contributed by atoms with E-state index in [1.807, 2.05) is 20.8 Å². The second-order valence-electron chi connectivity index (χ2n) is 4.02. The van der Waals surface area contributed by atoms with Gasteiger partial charge in [0.25, 0.3) is 0 Å². The molecular weight excluding hydrogens is 202 g/mol. The van der Waals surface area contributed by atoms with Crippen LogP contribution in [0.15, 0.2) is 12.2 Å². The lowest BCUT2D eigenvalue weighted by Crippen LogP contribution is -2.25. The van der Waals surface area contributed by atoms with Gasteiger partial charge in [0.2, 0.25) is 5.91 Å². The highest BCUT2D eigenvalue weighted by Gasteiger charge is 2.17. The summed E-state index contributed by atoms with van der Waals surface area (Å²) in [6, 6.07) is 0. The first kappa shape index (κ1) is 14.7. The van der Waals surface area contributed by atoms with E-state index in [9.17, 15) is 9.90 Å². The fraction of sp³-hybridized carbons (Fsp3) is 0.615. The van der Waals surface area contributed by atoms with Crippen LogP contribution in [0.1, 0.15) is 27.2 Å². The van der Waals surface area contributed by atoms with E-state index in [0.717, 1.165) is 6.42 Å². The van der Waals surface area contributed by atoms with Gasteiger partial charge >= 0.3 is 0 Å². The zero-order valence-corrected chi connectivity index (χ0v) is 10.2. The molecule has 0 fully saturated rings. The van der Waals surface area contributed by atoms with Gasteiger partial charge in [0.05, 0.1) is 12.6 Å². The van der Waals surface area contributed by atoms with Crippen LogP contribution in [0.3, 0.4) is 0 Å². The molecule has 0 bridgehead atoms. The maximum Gasteiger partial charge on any atom is 0.244 e. The number of terminal acetylenes is 1. The molecule has 0 heterocycles. The summed E-state index contributed by atoms with van der Waals surface area (Å²) in [7, 11) is 0. The topological polar surface area (TPSA) is 49.3 Å². The lowest BCUT2D eigenvalue weighted by Gasteiger charge is -2.21. The fourth-order valence-electron chi connectivity index (χ4n) is 1.31. The van der Waals surface area contributed by atoms with E-state index in [4.69, 9.17) is 6.42 Å². The minimum absolute atomic E-state index is 0.0356.